The van der Waals surface area contributed by atoms with E-state index in [0.29, 0.717) is 3.86 Å². The molecule has 0 saturated carbocycles. The molecule has 0 aliphatic carbocycles. The Balaban J connectivity index is 2.30. The summed E-state index contributed by atoms with van der Waals surface area (Å²) in [5, 5.41) is 0. The molecule has 14 heavy (non-hydrogen) atoms. The molecule has 68 valence electrons. The van der Waals surface area contributed by atoms with E-state index in [2.05, 4.69) is 60.7 Å². The Bertz CT molecular complexity index is 341. The summed E-state index contributed by atoms with van der Waals surface area (Å²) < 4.78 is 0.534. The van der Waals surface area contributed by atoms with Gasteiger partial charge in [-0.05, 0) is 0 Å². The molecule has 2 radical (unpaired) electrons. The van der Waals surface area contributed by atoms with Gasteiger partial charge in [0.05, 0.1) is 0 Å². The van der Waals surface area contributed by atoms with Gasteiger partial charge >= 0.3 is 98.7 Å². The Kier molecular flexibility index (Phi) is 3.26. The predicted molar refractivity (Wildman–Crippen MR) is 60.5 cm³/mol. The maximum atomic E-state index is 2.19. The van der Waals surface area contributed by atoms with Gasteiger partial charge in [0.15, 0.2) is 0 Å². The van der Waals surface area contributed by atoms with Crippen LogP contribution in [0.5, 0.6) is 0 Å². The second kappa shape index (κ2) is 4.66. The van der Waals surface area contributed by atoms with Gasteiger partial charge in [0.2, 0.25) is 0 Å². The molecule has 2 aromatic carbocycles. The number of hydrogen-bond acceptors (Lipinski definition) is 0. The van der Waals surface area contributed by atoms with Gasteiger partial charge in [-0.1, -0.05) is 0 Å². The van der Waals surface area contributed by atoms with Crippen molar-refractivity contribution in [1.29, 1.82) is 0 Å². The van der Waals surface area contributed by atoms with Crippen molar-refractivity contribution in [2.24, 2.45) is 0 Å². The van der Waals surface area contributed by atoms with Gasteiger partial charge in [-0.2, -0.15) is 0 Å². The van der Waals surface area contributed by atoms with Crippen molar-refractivity contribution >= 4 is 23.0 Å². The van der Waals surface area contributed by atoms with Crippen molar-refractivity contribution in [2.45, 2.75) is 3.86 Å². The first-order valence-corrected chi connectivity index (χ1v) is 6.13. The molecule has 0 heterocycles. The van der Waals surface area contributed by atoms with E-state index in [1.807, 2.05) is 23.0 Å². The van der Waals surface area contributed by atoms with Crippen LogP contribution in [0.2, 0.25) is 0 Å². The van der Waals surface area contributed by atoms with Crippen LogP contribution in [0.4, 0.5) is 0 Å². The Hall–Kier alpha value is -0.742. The van der Waals surface area contributed by atoms with Crippen molar-refractivity contribution in [1.82, 2.24) is 0 Å². The third-order valence-corrected chi connectivity index (χ3v) is 3.93. The molecule has 0 aromatic heterocycles. The minimum absolute atomic E-state index is 0.534. The molecule has 0 aliphatic rings. The fraction of sp³-hybridized carbons (Fsp3) is 0.0769. The van der Waals surface area contributed by atoms with Crippen molar-refractivity contribution in [3.63, 3.8) is 0 Å². The van der Waals surface area contributed by atoms with Gasteiger partial charge in [-0.3, -0.25) is 0 Å². The summed E-state index contributed by atoms with van der Waals surface area (Å²) in [7, 11) is 0. The summed E-state index contributed by atoms with van der Waals surface area (Å²) in [6, 6.07) is 21.3. The molecule has 0 fully saturated rings. The van der Waals surface area contributed by atoms with Crippen LogP contribution in [0.1, 0.15) is 15.0 Å². The Morgan fingerprint density at radius 1 is 0.643 bits per heavy atom. The summed E-state index contributed by atoms with van der Waals surface area (Å²) in [5.41, 5.74) is 2.79. The third kappa shape index (κ3) is 2.19. The molecule has 0 unspecified atom stereocenters. The molecular weight excluding hydrogens is 278 g/mol. The maximum absolute atomic E-state index is 2.19. The molecule has 0 amide bonds. The molecule has 0 saturated heterocycles. The van der Waals surface area contributed by atoms with Crippen LogP contribution >= 0.6 is 0 Å². The van der Waals surface area contributed by atoms with E-state index in [9.17, 15) is 0 Å². The first-order valence-electron chi connectivity index (χ1n) is 4.66. The van der Waals surface area contributed by atoms with E-state index in [1.54, 1.807) is 0 Å². The molecule has 0 spiro atoms. The second-order valence-electron chi connectivity index (χ2n) is 3.22. The van der Waals surface area contributed by atoms with Crippen molar-refractivity contribution in [2.75, 3.05) is 0 Å². The van der Waals surface area contributed by atoms with E-state index in [-0.39, 0.29) is 0 Å². The van der Waals surface area contributed by atoms with E-state index in [4.69, 9.17) is 0 Å². The molecule has 0 atom stereocenters. The van der Waals surface area contributed by atoms with Crippen LogP contribution in [0.3, 0.4) is 0 Å². The molecule has 0 bridgehead atoms. The Labute approximate surface area is 98.5 Å². The zero-order chi connectivity index (χ0) is 9.80. The van der Waals surface area contributed by atoms with E-state index in [1.165, 1.54) is 11.1 Å². The van der Waals surface area contributed by atoms with Gasteiger partial charge in [-0.25, -0.2) is 0 Å². The van der Waals surface area contributed by atoms with Crippen LogP contribution in [0.25, 0.3) is 0 Å². The molecular formula is C13H11Sb. The van der Waals surface area contributed by atoms with Gasteiger partial charge < -0.3 is 0 Å². The first-order chi connectivity index (χ1) is 6.88. The Morgan fingerprint density at radius 2 is 1.00 bits per heavy atom. The zero-order valence-corrected chi connectivity index (χ0v) is 10.4. The topological polar surface area (TPSA) is 0 Å². The zero-order valence-electron chi connectivity index (χ0n) is 7.80. The van der Waals surface area contributed by atoms with Crippen LogP contribution in [0.15, 0.2) is 60.7 Å². The summed E-state index contributed by atoms with van der Waals surface area (Å²) in [6.45, 7) is 0. The summed E-state index contributed by atoms with van der Waals surface area (Å²) in [4.78, 5) is 0. The molecule has 2 aromatic rings. The fourth-order valence-electron chi connectivity index (χ4n) is 1.46. The van der Waals surface area contributed by atoms with Crippen LogP contribution in [-0.4, -0.2) is 23.0 Å². The average Bonchev–Trinajstić information content (AvgIpc) is 2.30. The quantitative estimate of drug-likeness (QED) is 0.746. The van der Waals surface area contributed by atoms with Crippen molar-refractivity contribution in [3.8, 4) is 0 Å². The number of hydrogen-bond donors (Lipinski definition) is 0. The minimum atomic E-state index is 0.534. The third-order valence-electron chi connectivity index (χ3n) is 2.23. The molecule has 1 heteroatoms. The van der Waals surface area contributed by atoms with E-state index in [0.717, 1.165) is 0 Å². The Morgan fingerprint density at radius 3 is 1.36 bits per heavy atom. The number of rotatable bonds is 2. The predicted octanol–water partition coefficient (Wildman–Crippen LogP) is 2.94. The van der Waals surface area contributed by atoms with Crippen molar-refractivity contribution in [3.05, 3.63) is 71.8 Å². The monoisotopic (exact) mass is 288 g/mol. The van der Waals surface area contributed by atoms with Gasteiger partial charge in [0, 0.05) is 0 Å². The van der Waals surface area contributed by atoms with Crippen LogP contribution in [0, 0.1) is 0 Å². The normalized spacial score (nSPS) is 10.4. The summed E-state index contributed by atoms with van der Waals surface area (Å²) in [5.74, 6) is 0. The van der Waals surface area contributed by atoms with Gasteiger partial charge in [0.25, 0.3) is 0 Å². The standard InChI is InChI=1S/C13H11.Sb/c1-3-7-12(8-4-1)11-13-9-5-2-6-10-13;/h1-11H;. The van der Waals surface area contributed by atoms with Crippen LogP contribution in [-0.2, 0) is 0 Å². The number of benzene rings is 2. The van der Waals surface area contributed by atoms with E-state index < -0.39 is 0 Å². The molecule has 0 nitrogen and oxygen atoms in total. The van der Waals surface area contributed by atoms with Gasteiger partial charge in [0.1, 0.15) is 0 Å². The SMILES string of the molecule is [Sb][CH](c1ccccc1)c1ccccc1. The second-order valence-corrected chi connectivity index (χ2v) is 4.70. The molecule has 0 aliphatic heterocycles. The fourth-order valence-corrected chi connectivity index (χ4v) is 2.45. The van der Waals surface area contributed by atoms with Gasteiger partial charge in [-0.15, -0.1) is 0 Å². The summed E-state index contributed by atoms with van der Waals surface area (Å²) in [6.07, 6.45) is 0. The van der Waals surface area contributed by atoms with Crippen LogP contribution < -0.4 is 0 Å². The average molecular weight is 289 g/mol. The molecule has 2 rings (SSSR count). The summed E-state index contributed by atoms with van der Waals surface area (Å²) >= 11 is 1.85. The van der Waals surface area contributed by atoms with Crippen molar-refractivity contribution < 1.29 is 0 Å². The molecule has 0 N–H and O–H groups in total. The van der Waals surface area contributed by atoms with E-state index >= 15 is 0 Å². The first kappa shape index (κ1) is 9.80.